The smallest absolute Gasteiger partial charge is 0.230 e. The maximum Gasteiger partial charge on any atom is 0.230 e. The number of nitrogens with one attached hydrogen (secondary N) is 2. The van der Waals surface area contributed by atoms with Gasteiger partial charge in [-0.05, 0) is 51.6 Å². The lowest BCUT2D eigenvalue weighted by atomic mass is 9.84. The van der Waals surface area contributed by atoms with Gasteiger partial charge in [-0.1, -0.05) is 12.8 Å². The fourth-order valence-electron chi connectivity index (χ4n) is 4.77. The zero-order chi connectivity index (χ0) is 21.6. The highest BCUT2D eigenvalue weighted by atomic mass is 127. The Kier molecular flexibility index (Phi) is 10.5. The molecule has 2 heterocycles. The average Bonchev–Trinajstić information content (AvgIpc) is 3.38. The summed E-state index contributed by atoms with van der Waals surface area (Å²) in [6.07, 6.45) is 6.57. The largest absolute Gasteiger partial charge is 0.356 e. The Morgan fingerprint density at radius 1 is 1.29 bits per heavy atom. The van der Waals surface area contributed by atoms with Gasteiger partial charge < -0.3 is 15.5 Å². The van der Waals surface area contributed by atoms with E-state index in [4.69, 9.17) is 0 Å². The number of carbonyl (C=O) groups excluding carboxylic acids is 1. The van der Waals surface area contributed by atoms with Crippen molar-refractivity contribution in [3.63, 3.8) is 0 Å². The quantitative estimate of drug-likeness (QED) is 0.304. The van der Waals surface area contributed by atoms with Gasteiger partial charge in [0.25, 0.3) is 0 Å². The third-order valence-corrected chi connectivity index (χ3v) is 7.38. The van der Waals surface area contributed by atoms with Crippen molar-refractivity contribution >= 4 is 47.2 Å². The normalized spacial score (nSPS) is 19.7. The molecule has 2 N–H and O–H groups in total. The first-order chi connectivity index (χ1) is 14.4. The fourth-order valence-corrected chi connectivity index (χ4v) is 5.37. The summed E-state index contributed by atoms with van der Waals surface area (Å²) in [4.78, 5) is 26.0. The van der Waals surface area contributed by atoms with Crippen LogP contribution in [0.2, 0.25) is 0 Å². The first-order valence-corrected chi connectivity index (χ1v) is 12.1. The number of nitrogens with zero attached hydrogens (tertiary/aromatic N) is 4. The van der Waals surface area contributed by atoms with E-state index < -0.39 is 0 Å². The van der Waals surface area contributed by atoms with Crippen LogP contribution >= 0.6 is 35.3 Å². The molecule has 0 aromatic carbocycles. The molecule has 1 aromatic rings. The first-order valence-electron chi connectivity index (χ1n) is 11.2. The molecule has 0 unspecified atom stereocenters. The zero-order valence-electron chi connectivity index (χ0n) is 19.4. The zero-order valence-corrected chi connectivity index (χ0v) is 22.6. The molecule has 1 saturated carbocycles. The second-order valence-corrected chi connectivity index (χ2v) is 10.1. The number of guanidine groups is 1. The van der Waals surface area contributed by atoms with Crippen molar-refractivity contribution in [3.05, 3.63) is 16.1 Å². The molecule has 9 heteroatoms. The van der Waals surface area contributed by atoms with Crippen molar-refractivity contribution in [2.45, 2.75) is 52.0 Å². The molecule has 2 aliphatic rings. The third kappa shape index (κ3) is 7.28. The van der Waals surface area contributed by atoms with Crippen LogP contribution < -0.4 is 10.6 Å². The van der Waals surface area contributed by atoms with Gasteiger partial charge in [-0.2, -0.15) is 0 Å². The van der Waals surface area contributed by atoms with Crippen molar-refractivity contribution in [1.29, 1.82) is 0 Å². The van der Waals surface area contributed by atoms with Crippen LogP contribution in [-0.4, -0.2) is 74.0 Å². The van der Waals surface area contributed by atoms with Crippen LogP contribution in [0.5, 0.6) is 0 Å². The van der Waals surface area contributed by atoms with Crippen LogP contribution in [0.25, 0.3) is 0 Å². The molecule has 0 spiro atoms. The van der Waals surface area contributed by atoms with Crippen LogP contribution in [-0.2, 0) is 11.3 Å². The molecule has 0 atom stereocenters. The fraction of sp³-hybridized carbons (Fsp3) is 0.773. The summed E-state index contributed by atoms with van der Waals surface area (Å²) in [6, 6.07) is 0. The van der Waals surface area contributed by atoms with E-state index in [2.05, 4.69) is 37.8 Å². The van der Waals surface area contributed by atoms with E-state index in [1.807, 2.05) is 21.1 Å². The van der Waals surface area contributed by atoms with Gasteiger partial charge >= 0.3 is 0 Å². The number of aromatic nitrogens is 1. The molecule has 1 aliphatic carbocycles. The van der Waals surface area contributed by atoms with Gasteiger partial charge in [0.05, 0.1) is 16.1 Å². The van der Waals surface area contributed by atoms with Crippen molar-refractivity contribution in [1.82, 2.24) is 25.4 Å². The number of piperidine rings is 1. The second-order valence-electron chi connectivity index (χ2n) is 9.07. The number of halogens is 1. The number of hydrogen-bond donors (Lipinski definition) is 2. The highest BCUT2D eigenvalue weighted by Gasteiger charge is 2.42. The number of amides is 1. The summed E-state index contributed by atoms with van der Waals surface area (Å²) in [6.45, 7) is 6.87. The topological polar surface area (TPSA) is 72.9 Å². The van der Waals surface area contributed by atoms with Gasteiger partial charge in [0.1, 0.15) is 0 Å². The van der Waals surface area contributed by atoms with E-state index >= 15 is 0 Å². The van der Waals surface area contributed by atoms with Crippen LogP contribution in [0, 0.1) is 18.3 Å². The lowest BCUT2D eigenvalue weighted by molar-refractivity contribution is -0.138. The molecule has 1 saturated heterocycles. The Labute approximate surface area is 208 Å². The summed E-state index contributed by atoms with van der Waals surface area (Å²) in [5.74, 6) is 1.71. The Bertz CT molecular complexity index is 723. The molecular weight excluding hydrogens is 523 g/mol. The van der Waals surface area contributed by atoms with E-state index in [-0.39, 0.29) is 35.3 Å². The molecule has 31 heavy (non-hydrogen) atoms. The molecule has 0 bridgehead atoms. The molecule has 1 aromatic heterocycles. The van der Waals surface area contributed by atoms with Gasteiger partial charge in [0.15, 0.2) is 5.96 Å². The molecule has 0 radical (unpaired) electrons. The summed E-state index contributed by atoms with van der Waals surface area (Å²) in [5.41, 5.74) is 0.923. The molecule has 7 nitrogen and oxygen atoms in total. The first kappa shape index (κ1) is 26.3. The number of thiazole rings is 1. The second kappa shape index (κ2) is 12.3. The number of hydrogen-bond acceptors (Lipinski definition) is 5. The molecule has 1 aliphatic heterocycles. The van der Waals surface area contributed by atoms with Gasteiger partial charge in [0, 0.05) is 46.2 Å². The predicted molar refractivity (Wildman–Crippen MR) is 139 cm³/mol. The predicted octanol–water partition coefficient (Wildman–Crippen LogP) is 3.10. The van der Waals surface area contributed by atoms with Crippen molar-refractivity contribution in [2.75, 3.05) is 47.3 Å². The maximum absolute atomic E-state index is 12.8. The molecule has 1 amide bonds. The standard InChI is InChI=1S/C22H38N6OS.HI/c1-17-26-19(15-30-17)14-28-11-7-18(8-12-28)13-24-21(23-2)25-16-22(9-5-6-10-22)20(29)27(3)4;/h15,18H,5-14,16H2,1-4H3,(H2,23,24,25);1H. The van der Waals surface area contributed by atoms with E-state index in [0.29, 0.717) is 12.5 Å². The van der Waals surface area contributed by atoms with Crippen molar-refractivity contribution in [2.24, 2.45) is 16.3 Å². The van der Waals surface area contributed by atoms with Crippen LogP contribution in [0.1, 0.15) is 49.2 Å². The number of carbonyl (C=O) groups is 1. The average molecular weight is 563 g/mol. The Balaban J connectivity index is 0.00000341. The van der Waals surface area contributed by atoms with Crippen LogP contribution in [0.3, 0.4) is 0 Å². The molecule has 3 rings (SSSR count). The SMILES string of the molecule is CN=C(NCC1CCN(Cc2csc(C)n2)CC1)NCC1(C(=O)N(C)C)CCCC1.I. The van der Waals surface area contributed by atoms with Gasteiger partial charge in [-0.15, -0.1) is 35.3 Å². The monoisotopic (exact) mass is 562 g/mol. The highest BCUT2D eigenvalue weighted by Crippen LogP contribution is 2.38. The van der Waals surface area contributed by atoms with Crippen molar-refractivity contribution in [3.8, 4) is 0 Å². The summed E-state index contributed by atoms with van der Waals surface area (Å²) >= 11 is 1.73. The Hall–Kier alpha value is -0.940. The number of likely N-dealkylation sites (tertiary alicyclic amines) is 1. The van der Waals surface area contributed by atoms with Crippen LogP contribution in [0.4, 0.5) is 0 Å². The van der Waals surface area contributed by atoms with Crippen molar-refractivity contribution < 1.29 is 4.79 Å². The highest BCUT2D eigenvalue weighted by molar-refractivity contribution is 14.0. The molecular formula is C22H39IN6OS. The maximum atomic E-state index is 12.8. The van der Waals surface area contributed by atoms with E-state index in [1.165, 1.54) is 18.5 Å². The lowest BCUT2D eigenvalue weighted by Crippen LogP contribution is -2.50. The Morgan fingerprint density at radius 2 is 1.97 bits per heavy atom. The Morgan fingerprint density at radius 3 is 2.52 bits per heavy atom. The van der Waals surface area contributed by atoms with E-state index in [9.17, 15) is 4.79 Å². The lowest BCUT2D eigenvalue weighted by Gasteiger charge is -2.33. The third-order valence-electron chi connectivity index (χ3n) is 6.56. The molecule has 176 valence electrons. The van der Waals surface area contributed by atoms with Gasteiger partial charge in [0.2, 0.25) is 5.91 Å². The minimum absolute atomic E-state index is 0. The number of aliphatic imine (C=N–C) groups is 1. The van der Waals surface area contributed by atoms with Crippen LogP contribution in [0.15, 0.2) is 10.4 Å². The minimum atomic E-state index is -0.277. The molecule has 2 fully saturated rings. The minimum Gasteiger partial charge on any atom is -0.356 e. The summed E-state index contributed by atoms with van der Waals surface area (Å²) < 4.78 is 0. The van der Waals surface area contributed by atoms with Gasteiger partial charge in [-0.25, -0.2) is 4.98 Å². The number of rotatable bonds is 7. The van der Waals surface area contributed by atoms with E-state index in [0.717, 1.165) is 62.8 Å². The van der Waals surface area contributed by atoms with E-state index in [1.54, 1.807) is 16.2 Å². The van der Waals surface area contributed by atoms with Gasteiger partial charge in [-0.3, -0.25) is 14.7 Å². The summed E-state index contributed by atoms with van der Waals surface area (Å²) in [7, 11) is 5.53. The summed E-state index contributed by atoms with van der Waals surface area (Å²) in [5, 5.41) is 10.3. The number of aryl methyl sites for hydroxylation is 1.